The van der Waals surface area contributed by atoms with Crippen molar-refractivity contribution in [3.8, 4) is 0 Å². The molecule has 94 valence electrons. The minimum Gasteiger partial charge on any atom is -0.294 e. The monoisotopic (exact) mass is 282 g/mol. The molecule has 0 spiro atoms. The molecule has 5 heteroatoms. The fraction of sp³-hybridized carbons (Fsp3) is 0.231. The van der Waals surface area contributed by atoms with Gasteiger partial charge in [0, 0.05) is 19.2 Å². The maximum Gasteiger partial charge on any atom is 0.170 e. The van der Waals surface area contributed by atoms with Crippen molar-refractivity contribution < 1.29 is 4.79 Å². The highest BCUT2D eigenvalue weighted by Crippen LogP contribution is 2.23. The summed E-state index contributed by atoms with van der Waals surface area (Å²) in [5.41, 5.74) is 1.46. The van der Waals surface area contributed by atoms with Crippen LogP contribution in [0.4, 0.5) is 0 Å². The van der Waals surface area contributed by atoms with Crippen molar-refractivity contribution in [2.75, 3.05) is 0 Å². The molecule has 0 bridgehead atoms. The van der Waals surface area contributed by atoms with Gasteiger partial charge in [-0.25, -0.2) is 0 Å². The number of carbonyl (C=O) groups is 1. The van der Waals surface area contributed by atoms with Gasteiger partial charge in [0.25, 0.3) is 0 Å². The second-order valence-corrected chi connectivity index (χ2v) is 4.75. The van der Waals surface area contributed by atoms with Crippen LogP contribution in [0.15, 0.2) is 30.6 Å². The van der Waals surface area contributed by atoms with Gasteiger partial charge >= 0.3 is 0 Å². The smallest absolute Gasteiger partial charge is 0.170 e. The maximum atomic E-state index is 12.0. The lowest BCUT2D eigenvalue weighted by atomic mass is 10.1. The van der Waals surface area contributed by atoms with Crippen molar-refractivity contribution in [3.63, 3.8) is 0 Å². The third-order valence-electron chi connectivity index (χ3n) is 2.63. The predicted octanol–water partition coefficient (Wildman–Crippen LogP) is 3.64. The average Bonchev–Trinajstić information content (AvgIpc) is 2.82. The third kappa shape index (κ3) is 2.92. The van der Waals surface area contributed by atoms with E-state index in [-0.39, 0.29) is 5.78 Å². The molecular formula is C13H12Cl2N2O. The van der Waals surface area contributed by atoms with E-state index in [0.29, 0.717) is 22.0 Å². The SMILES string of the molecule is CCn1cc(C(=O)Cc2ccc(Cl)c(Cl)c2)cn1. The van der Waals surface area contributed by atoms with Crippen molar-refractivity contribution in [1.29, 1.82) is 0 Å². The van der Waals surface area contributed by atoms with Crippen LogP contribution in [0.3, 0.4) is 0 Å². The minimum absolute atomic E-state index is 0.0214. The molecule has 1 aromatic heterocycles. The summed E-state index contributed by atoms with van der Waals surface area (Å²) in [6.45, 7) is 2.72. The van der Waals surface area contributed by atoms with Crippen LogP contribution < -0.4 is 0 Å². The highest BCUT2D eigenvalue weighted by Gasteiger charge is 2.10. The van der Waals surface area contributed by atoms with Gasteiger partial charge < -0.3 is 0 Å². The van der Waals surface area contributed by atoms with Crippen molar-refractivity contribution in [2.45, 2.75) is 19.9 Å². The summed E-state index contributed by atoms with van der Waals surface area (Å²) in [6, 6.07) is 5.21. The van der Waals surface area contributed by atoms with E-state index in [0.717, 1.165) is 12.1 Å². The summed E-state index contributed by atoms with van der Waals surface area (Å²) < 4.78 is 1.72. The second-order valence-electron chi connectivity index (χ2n) is 3.93. The fourth-order valence-electron chi connectivity index (χ4n) is 1.62. The average molecular weight is 283 g/mol. The summed E-state index contributed by atoms with van der Waals surface area (Å²) >= 11 is 11.7. The largest absolute Gasteiger partial charge is 0.294 e. The molecule has 1 heterocycles. The van der Waals surface area contributed by atoms with E-state index in [4.69, 9.17) is 23.2 Å². The van der Waals surface area contributed by atoms with Gasteiger partial charge in [0.15, 0.2) is 5.78 Å². The van der Waals surface area contributed by atoms with Crippen molar-refractivity contribution >= 4 is 29.0 Å². The molecule has 0 N–H and O–H groups in total. The first-order chi connectivity index (χ1) is 8.60. The van der Waals surface area contributed by atoms with Crippen molar-refractivity contribution in [2.24, 2.45) is 0 Å². The first-order valence-corrected chi connectivity index (χ1v) is 6.35. The van der Waals surface area contributed by atoms with E-state index in [1.807, 2.05) is 6.92 Å². The summed E-state index contributed by atoms with van der Waals surface area (Å²) in [7, 11) is 0. The van der Waals surface area contributed by atoms with Gasteiger partial charge in [-0.1, -0.05) is 29.3 Å². The number of benzene rings is 1. The fourth-order valence-corrected chi connectivity index (χ4v) is 1.94. The Hall–Kier alpha value is -1.32. The zero-order valence-electron chi connectivity index (χ0n) is 9.86. The number of hydrogen-bond acceptors (Lipinski definition) is 2. The van der Waals surface area contributed by atoms with Crippen LogP contribution >= 0.6 is 23.2 Å². The molecule has 0 aliphatic rings. The molecule has 2 rings (SSSR count). The van der Waals surface area contributed by atoms with Gasteiger partial charge in [0.05, 0.1) is 21.8 Å². The Kier molecular flexibility index (Phi) is 4.04. The number of hydrogen-bond donors (Lipinski definition) is 0. The summed E-state index contributed by atoms with van der Waals surface area (Å²) in [5.74, 6) is 0.0214. The molecule has 2 aromatic rings. The highest BCUT2D eigenvalue weighted by atomic mass is 35.5. The van der Waals surface area contributed by atoms with E-state index in [1.54, 1.807) is 35.3 Å². The van der Waals surface area contributed by atoms with Gasteiger partial charge in [-0.3, -0.25) is 9.48 Å². The molecule has 0 aliphatic heterocycles. The molecule has 1 aromatic carbocycles. The van der Waals surface area contributed by atoms with E-state index in [1.165, 1.54) is 0 Å². The van der Waals surface area contributed by atoms with Gasteiger partial charge in [0.2, 0.25) is 0 Å². The molecule has 0 fully saturated rings. The lowest BCUT2D eigenvalue weighted by molar-refractivity contribution is 0.0993. The molecule has 0 aliphatic carbocycles. The first-order valence-electron chi connectivity index (χ1n) is 5.59. The zero-order valence-corrected chi connectivity index (χ0v) is 11.4. The van der Waals surface area contributed by atoms with Gasteiger partial charge in [-0.05, 0) is 24.6 Å². The number of carbonyl (C=O) groups excluding carboxylic acids is 1. The lowest BCUT2D eigenvalue weighted by Crippen LogP contribution is -2.02. The predicted molar refractivity (Wildman–Crippen MR) is 72.4 cm³/mol. The number of aryl methyl sites for hydroxylation is 1. The molecule has 0 saturated heterocycles. The Morgan fingerprint density at radius 1 is 1.33 bits per heavy atom. The number of ketones is 1. The van der Waals surface area contributed by atoms with Crippen LogP contribution in [0.1, 0.15) is 22.8 Å². The Bertz CT molecular complexity index is 578. The minimum atomic E-state index is 0.0214. The quantitative estimate of drug-likeness (QED) is 0.803. The van der Waals surface area contributed by atoms with Crippen LogP contribution in [-0.2, 0) is 13.0 Å². The van der Waals surface area contributed by atoms with E-state index in [9.17, 15) is 4.79 Å². The van der Waals surface area contributed by atoms with Crippen LogP contribution in [0, 0.1) is 0 Å². The van der Waals surface area contributed by atoms with Crippen LogP contribution in [-0.4, -0.2) is 15.6 Å². The Morgan fingerprint density at radius 2 is 2.11 bits per heavy atom. The van der Waals surface area contributed by atoms with Gasteiger partial charge in [0.1, 0.15) is 0 Å². The highest BCUT2D eigenvalue weighted by molar-refractivity contribution is 6.42. The lowest BCUT2D eigenvalue weighted by Gasteiger charge is -2.01. The Labute approximate surface area is 115 Å². The number of aromatic nitrogens is 2. The first kappa shape index (κ1) is 13.1. The summed E-state index contributed by atoms with van der Waals surface area (Å²) in [6.07, 6.45) is 3.63. The molecule has 0 radical (unpaired) electrons. The number of nitrogens with zero attached hydrogens (tertiary/aromatic N) is 2. The van der Waals surface area contributed by atoms with Crippen LogP contribution in [0.25, 0.3) is 0 Å². The molecule has 0 saturated carbocycles. The van der Waals surface area contributed by atoms with Gasteiger partial charge in [-0.2, -0.15) is 5.10 Å². The van der Waals surface area contributed by atoms with E-state index < -0.39 is 0 Å². The normalized spacial score (nSPS) is 10.6. The second kappa shape index (κ2) is 5.55. The van der Waals surface area contributed by atoms with Crippen LogP contribution in [0.2, 0.25) is 10.0 Å². The van der Waals surface area contributed by atoms with Gasteiger partial charge in [-0.15, -0.1) is 0 Å². The number of Topliss-reactive ketones (excluding diaryl/α,β-unsaturated/α-hetero) is 1. The van der Waals surface area contributed by atoms with Crippen molar-refractivity contribution in [1.82, 2.24) is 9.78 Å². The van der Waals surface area contributed by atoms with E-state index >= 15 is 0 Å². The van der Waals surface area contributed by atoms with Crippen molar-refractivity contribution in [3.05, 3.63) is 51.8 Å². The molecular weight excluding hydrogens is 271 g/mol. The maximum absolute atomic E-state index is 12.0. The molecule has 0 unspecified atom stereocenters. The third-order valence-corrected chi connectivity index (χ3v) is 3.37. The zero-order chi connectivity index (χ0) is 13.1. The topological polar surface area (TPSA) is 34.9 Å². The summed E-state index contributed by atoms with van der Waals surface area (Å²) in [5, 5.41) is 5.03. The molecule has 3 nitrogen and oxygen atoms in total. The Morgan fingerprint density at radius 3 is 2.72 bits per heavy atom. The summed E-state index contributed by atoms with van der Waals surface area (Å²) in [4.78, 5) is 12.0. The molecule has 0 atom stereocenters. The van der Waals surface area contributed by atoms with Crippen LogP contribution in [0.5, 0.6) is 0 Å². The van der Waals surface area contributed by atoms with E-state index in [2.05, 4.69) is 5.10 Å². The number of rotatable bonds is 4. The standard InChI is InChI=1S/C13H12Cl2N2O/c1-2-17-8-10(7-16-17)13(18)6-9-3-4-11(14)12(15)5-9/h3-5,7-8H,2,6H2,1H3. The number of halogens is 2. The Balaban J connectivity index is 2.13. The molecule has 0 amide bonds. The molecule has 18 heavy (non-hydrogen) atoms.